The van der Waals surface area contributed by atoms with Crippen molar-refractivity contribution < 1.29 is 24.4 Å². The number of aliphatic hydroxyl groups excluding tert-OH is 1. The molecule has 1 fully saturated rings. The second-order valence-corrected chi connectivity index (χ2v) is 7.73. The van der Waals surface area contributed by atoms with Crippen LogP contribution in [0.5, 0.6) is 5.75 Å². The summed E-state index contributed by atoms with van der Waals surface area (Å²) in [5.41, 5.74) is 0.642. The number of Topliss-reactive ketones (excluding diaryl/α,β-unsaturated/α-hetero) is 1. The Morgan fingerprint density at radius 2 is 1.88 bits per heavy atom. The first-order valence-electron chi connectivity index (χ1n) is 10.1. The average molecular weight is 439 g/mol. The Balaban J connectivity index is 2.10. The van der Waals surface area contributed by atoms with E-state index in [1.165, 1.54) is 36.3 Å². The highest BCUT2D eigenvalue weighted by Crippen LogP contribution is 2.40. The monoisotopic (exact) mass is 439 g/mol. The summed E-state index contributed by atoms with van der Waals surface area (Å²) < 4.78 is 5.29. The maximum atomic E-state index is 13.0. The van der Waals surface area contributed by atoms with E-state index in [9.17, 15) is 24.8 Å². The molecule has 1 heterocycles. The van der Waals surface area contributed by atoms with Gasteiger partial charge in [-0.05, 0) is 56.9 Å². The third kappa shape index (κ3) is 4.62. The second-order valence-electron chi connectivity index (χ2n) is 7.73. The largest absolute Gasteiger partial charge is 0.507 e. The number of methoxy groups -OCH3 is 1. The van der Waals surface area contributed by atoms with Gasteiger partial charge in [-0.25, -0.2) is 0 Å². The molecule has 168 valence electrons. The molecule has 0 saturated carbocycles. The zero-order valence-corrected chi connectivity index (χ0v) is 18.1. The molecule has 9 nitrogen and oxygen atoms in total. The molecule has 1 atom stereocenters. The number of carbonyl (C=O) groups is 2. The molecule has 2 aromatic carbocycles. The summed E-state index contributed by atoms with van der Waals surface area (Å²) >= 11 is 0. The van der Waals surface area contributed by atoms with Crippen LogP contribution in [0.2, 0.25) is 0 Å². The predicted octanol–water partition coefficient (Wildman–Crippen LogP) is 2.98. The normalized spacial score (nSPS) is 17.8. The quantitative estimate of drug-likeness (QED) is 0.221. The molecule has 1 aliphatic heterocycles. The van der Waals surface area contributed by atoms with Crippen molar-refractivity contribution >= 4 is 23.1 Å². The number of likely N-dealkylation sites (tertiary alicyclic amines) is 1. The van der Waals surface area contributed by atoms with Crippen LogP contribution < -0.4 is 4.74 Å². The first-order chi connectivity index (χ1) is 15.2. The highest BCUT2D eigenvalue weighted by Gasteiger charge is 2.45. The van der Waals surface area contributed by atoms with E-state index in [0.717, 1.165) is 6.54 Å². The molecule has 0 aromatic heterocycles. The van der Waals surface area contributed by atoms with Crippen molar-refractivity contribution in [3.05, 3.63) is 75.3 Å². The summed E-state index contributed by atoms with van der Waals surface area (Å²) in [4.78, 5) is 39.7. The third-order valence-electron chi connectivity index (χ3n) is 5.31. The van der Waals surface area contributed by atoms with Crippen LogP contribution in [0.15, 0.2) is 54.1 Å². The molecule has 0 radical (unpaired) electrons. The number of amides is 1. The van der Waals surface area contributed by atoms with Crippen LogP contribution in [0.1, 0.15) is 23.6 Å². The van der Waals surface area contributed by atoms with E-state index in [4.69, 9.17) is 4.74 Å². The summed E-state index contributed by atoms with van der Waals surface area (Å²) in [6.07, 6.45) is 0.637. The summed E-state index contributed by atoms with van der Waals surface area (Å²) in [5.74, 6) is -1.31. The lowest BCUT2D eigenvalue weighted by atomic mass is 9.95. The molecular formula is C23H25N3O6. The zero-order chi connectivity index (χ0) is 23.4. The van der Waals surface area contributed by atoms with Gasteiger partial charge < -0.3 is 19.6 Å². The van der Waals surface area contributed by atoms with Gasteiger partial charge in [-0.15, -0.1) is 0 Å². The first kappa shape index (κ1) is 23.0. The molecular weight excluding hydrogens is 414 g/mol. The molecule has 9 heteroatoms. The van der Waals surface area contributed by atoms with E-state index >= 15 is 0 Å². The minimum Gasteiger partial charge on any atom is -0.507 e. The van der Waals surface area contributed by atoms with Gasteiger partial charge in [-0.3, -0.25) is 19.7 Å². The van der Waals surface area contributed by atoms with Gasteiger partial charge in [-0.2, -0.15) is 0 Å². The summed E-state index contributed by atoms with van der Waals surface area (Å²) in [5, 5.41) is 21.9. The fourth-order valence-electron chi connectivity index (χ4n) is 3.72. The lowest BCUT2D eigenvalue weighted by Crippen LogP contribution is -2.32. The Morgan fingerprint density at radius 1 is 1.19 bits per heavy atom. The van der Waals surface area contributed by atoms with Gasteiger partial charge >= 0.3 is 0 Å². The number of hydrogen-bond donors (Lipinski definition) is 1. The molecule has 1 aliphatic rings. The highest BCUT2D eigenvalue weighted by molar-refractivity contribution is 6.46. The van der Waals surface area contributed by atoms with E-state index in [-0.39, 0.29) is 22.6 Å². The van der Waals surface area contributed by atoms with Gasteiger partial charge in [0.05, 0.1) is 23.6 Å². The topological polar surface area (TPSA) is 113 Å². The van der Waals surface area contributed by atoms with E-state index in [1.807, 2.05) is 19.0 Å². The summed E-state index contributed by atoms with van der Waals surface area (Å²) in [6.45, 7) is 1.04. The third-order valence-corrected chi connectivity index (χ3v) is 5.31. The van der Waals surface area contributed by atoms with Gasteiger partial charge in [0.25, 0.3) is 17.4 Å². The van der Waals surface area contributed by atoms with Gasteiger partial charge in [-0.1, -0.05) is 12.1 Å². The maximum Gasteiger partial charge on any atom is 0.295 e. The van der Waals surface area contributed by atoms with E-state index in [2.05, 4.69) is 0 Å². The fourth-order valence-corrected chi connectivity index (χ4v) is 3.72. The van der Waals surface area contributed by atoms with Crippen LogP contribution in [-0.4, -0.2) is 65.8 Å². The zero-order valence-electron chi connectivity index (χ0n) is 18.1. The molecule has 0 aliphatic carbocycles. The highest BCUT2D eigenvalue weighted by atomic mass is 16.6. The van der Waals surface area contributed by atoms with E-state index in [1.54, 1.807) is 24.3 Å². The molecule has 0 bridgehead atoms. The number of benzene rings is 2. The van der Waals surface area contributed by atoms with Crippen molar-refractivity contribution in [2.75, 3.05) is 34.3 Å². The number of ketones is 1. The van der Waals surface area contributed by atoms with Crippen LogP contribution in [0.3, 0.4) is 0 Å². The van der Waals surface area contributed by atoms with Crippen molar-refractivity contribution in [3.8, 4) is 5.75 Å². The van der Waals surface area contributed by atoms with Crippen molar-refractivity contribution in [3.63, 3.8) is 0 Å². The summed E-state index contributed by atoms with van der Waals surface area (Å²) in [7, 11) is 5.36. The van der Waals surface area contributed by atoms with Crippen LogP contribution in [-0.2, 0) is 9.59 Å². The standard InChI is InChI=1S/C23H25N3O6/c1-24(2)12-5-13-25-20(16-6-4-7-18(14-16)32-3)19(22(28)23(25)29)21(27)15-8-10-17(11-9-15)26(30)31/h4,6-11,14,20,27H,5,12-13H2,1-3H3/b21-19-. The molecule has 1 N–H and O–H groups in total. The minimum atomic E-state index is -0.803. The predicted molar refractivity (Wildman–Crippen MR) is 118 cm³/mol. The van der Waals surface area contributed by atoms with Crippen molar-refractivity contribution in [1.82, 2.24) is 9.80 Å². The van der Waals surface area contributed by atoms with Crippen molar-refractivity contribution in [2.45, 2.75) is 12.5 Å². The van der Waals surface area contributed by atoms with Crippen LogP contribution in [0.25, 0.3) is 5.76 Å². The van der Waals surface area contributed by atoms with Crippen LogP contribution in [0, 0.1) is 10.1 Å². The smallest absolute Gasteiger partial charge is 0.295 e. The molecule has 1 amide bonds. The van der Waals surface area contributed by atoms with Gasteiger partial charge in [0.15, 0.2) is 0 Å². The Kier molecular flexibility index (Phi) is 6.89. The second kappa shape index (κ2) is 9.61. The number of ether oxygens (including phenoxy) is 1. The lowest BCUT2D eigenvalue weighted by molar-refractivity contribution is -0.384. The molecule has 1 unspecified atom stereocenters. The minimum absolute atomic E-state index is 0.0537. The Hall–Kier alpha value is -3.72. The average Bonchev–Trinajstić information content (AvgIpc) is 3.03. The Labute approximate surface area is 185 Å². The van der Waals surface area contributed by atoms with Crippen LogP contribution in [0.4, 0.5) is 5.69 Å². The number of nitro groups is 1. The summed E-state index contributed by atoms with van der Waals surface area (Å²) in [6, 6.07) is 11.4. The first-order valence-corrected chi connectivity index (χ1v) is 10.1. The number of hydrogen-bond acceptors (Lipinski definition) is 7. The van der Waals surface area contributed by atoms with Gasteiger partial charge in [0, 0.05) is 24.2 Å². The molecule has 3 rings (SSSR count). The Bertz CT molecular complexity index is 1060. The van der Waals surface area contributed by atoms with E-state index < -0.39 is 22.7 Å². The van der Waals surface area contributed by atoms with Crippen molar-refractivity contribution in [2.24, 2.45) is 0 Å². The number of nitro benzene ring substituents is 1. The SMILES string of the molecule is COc1cccc(C2/C(=C(/O)c3ccc([N+](=O)[O-])cc3)C(=O)C(=O)N2CCCN(C)C)c1. The van der Waals surface area contributed by atoms with Crippen molar-refractivity contribution in [1.29, 1.82) is 0 Å². The van der Waals surface area contributed by atoms with Crippen LogP contribution >= 0.6 is 0 Å². The number of carbonyl (C=O) groups excluding carboxylic acids is 2. The van der Waals surface area contributed by atoms with Gasteiger partial charge in [0.1, 0.15) is 11.5 Å². The number of nitrogens with zero attached hydrogens (tertiary/aromatic N) is 3. The number of aliphatic hydroxyl groups is 1. The number of non-ortho nitro benzene ring substituents is 1. The van der Waals surface area contributed by atoms with E-state index in [0.29, 0.717) is 24.3 Å². The maximum absolute atomic E-state index is 13.0. The number of rotatable bonds is 8. The Morgan fingerprint density at radius 3 is 2.47 bits per heavy atom. The fraction of sp³-hybridized carbons (Fsp3) is 0.304. The molecule has 2 aromatic rings. The molecule has 0 spiro atoms. The lowest BCUT2D eigenvalue weighted by Gasteiger charge is -2.26. The van der Waals surface area contributed by atoms with Gasteiger partial charge in [0.2, 0.25) is 0 Å². The molecule has 1 saturated heterocycles. The molecule has 32 heavy (non-hydrogen) atoms.